The number of urea groups is 1. The molecular weight excluding hydrogens is 347 g/mol. The Kier molecular flexibility index (Phi) is 4.37. The number of benzene rings is 1. The summed E-state index contributed by atoms with van der Waals surface area (Å²) in [6, 6.07) is 8.55. The van der Waals surface area contributed by atoms with E-state index in [-0.39, 0.29) is 5.82 Å². The number of rotatable bonds is 3. The summed E-state index contributed by atoms with van der Waals surface area (Å²) in [5.74, 6) is 0.271. The topological polar surface area (TPSA) is 85.8 Å². The van der Waals surface area contributed by atoms with Gasteiger partial charge in [-0.15, -0.1) is 0 Å². The molecule has 0 aliphatic carbocycles. The van der Waals surface area contributed by atoms with Crippen molar-refractivity contribution in [3.63, 3.8) is 0 Å². The molecule has 1 aromatic carbocycles. The van der Waals surface area contributed by atoms with Crippen LogP contribution in [0.25, 0.3) is 17.1 Å². The van der Waals surface area contributed by atoms with Gasteiger partial charge in [0.2, 0.25) is 0 Å². The van der Waals surface area contributed by atoms with Gasteiger partial charge in [0, 0.05) is 23.6 Å². The van der Waals surface area contributed by atoms with E-state index in [0.29, 0.717) is 11.4 Å². The van der Waals surface area contributed by atoms with Crippen molar-refractivity contribution in [1.29, 1.82) is 0 Å². The SMILES string of the molecule is Cc1cc(-c2ccn(-c3ccc(C(F)(F)F)cn3)n2)ccc1NC(N)=O. The van der Waals surface area contributed by atoms with Crippen molar-refractivity contribution in [2.45, 2.75) is 13.1 Å². The third-order valence-corrected chi connectivity index (χ3v) is 3.68. The lowest BCUT2D eigenvalue weighted by atomic mass is 10.1. The number of halogens is 3. The van der Waals surface area contributed by atoms with E-state index in [9.17, 15) is 18.0 Å². The van der Waals surface area contributed by atoms with Crippen molar-refractivity contribution < 1.29 is 18.0 Å². The normalized spacial score (nSPS) is 11.4. The molecule has 0 atom stereocenters. The molecule has 0 saturated heterocycles. The van der Waals surface area contributed by atoms with Gasteiger partial charge in [-0.2, -0.15) is 18.3 Å². The molecule has 3 rings (SSSR count). The van der Waals surface area contributed by atoms with Crippen LogP contribution in [0.2, 0.25) is 0 Å². The van der Waals surface area contributed by atoms with Crippen molar-refractivity contribution in [2.75, 3.05) is 5.32 Å². The van der Waals surface area contributed by atoms with Crippen LogP contribution < -0.4 is 11.1 Å². The van der Waals surface area contributed by atoms with Crippen molar-refractivity contribution >= 4 is 11.7 Å². The Balaban J connectivity index is 1.86. The maximum atomic E-state index is 12.6. The van der Waals surface area contributed by atoms with Crippen LogP contribution in [0.4, 0.5) is 23.7 Å². The number of aromatic nitrogens is 3. The smallest absolute Gasteiger partial charge is 0.351 e. The van der Waals surface area contributed by atoms with Crippen LogP contribution in [0.1, 0.15) is 11.1 Å². The predicted octanol–water partition coefficient (Wildman–Crippen LogP) is 3.75. The van der Waals surface area contributed by atoms with Gasteiger partial charge in [0.15, 0.2) is 5.82 Å². The molecule has 0 aliphatic rings. The number of amides is 2. The van der Waals surface area contributed by atoms with Crippen molar-refractivity contribution in [2.24, 2.45) is 5.73 Å². The number of carbonyl (C=O) groups excluding carboxylic acids is 1. The zero-order valence-electron chi connectivity index (χ0n) is 13.6. The third kappa shape index (κ3) is 3.66. The molecule has 0 radical (unpaired) electrons. The van der Waals surface area contributed by atoms with Gasteiger partial charge in [-0.05, 0) is 42.8 Å². The summed E-state index contributed by atoms with van der Waals surface area (Å²) in [6.45, 7) is 1.81. The molecule has 3 aromatic rings. The van der Waals surface area contributed by atoms with E-state index in [4.69, 9.17) is 5.73 Å². The van der Waals surface area contributed by atoms with Gasteiger partial charge in [0.1, 0.15) is 0 Å². The first kappa shape index (κ1) is 17.5. The van der Waals surface area contributed by atoms with Gasteiger partial charge in [-0.25, -0.2) is 14.5 Å². The van der Waals surface area contributed by atoms with E-state index in [1.165, 1.54) is 10.7 Å². The lowest BCUT2D eigenvalue weighted by Gasteiger charge is -2.08. The van der Waals surface area contributed by atoms with Gasteiger partial charge in [-0.3, -0.25) is 0 Å². The Morgan fingerprint density at radius 3 is 2.54 bits per heavy atom. The van der Waals surface area contributed by atoms with Crippen LogP contribution in [0, 0.1) is 6.92 Å². The third-order valence-electron chi connectivity index (χ3n) is 3.68. The molecule has 3 N–H and O–H groups in total. The molecule has 6 nitrogen and oxygen atoms in total. The van der Waals surface area contributed by atoms with Gasteiger partial charge >= 0.3 is 12.2 Å². The van der Waals surface area contributed by atoms with Gasteiger partial charge in [0.25, 0.3) is 0 Å². The van der Waals surface area contributed by atoms with E-state index >= 15 is 0 Å². The molecule has 9 heteroatoms. The van der Waals surface area contributed by atoms with Crippen LogP contribution in [0.5, 0.6) is 0 Å². The van der Waals surface area contributed by atoms with Crippen LogP contribution in [-0.2, 0) is 6.18 Å². The summed E-state index contributed by atoms with van der Waals surface area (Å²) < 4.78 is 39.2. The highest BCUT2D eigenvalue weighted by Crippen LogP contribution is 2.29. The maximum absolute atomic E-state index is 12.6. The molecule has 2 heterocycles. The number of hydrogen-bond donors (Lipinski definition) is 2. The number of primary amides is 1. The summed E-state index contributed by atoms with van der Waals surface area (Å²) in [6.07, 6.45) is -2.06. The standard InChI is InChI=1S/C17H14F3N5O/c1-10-8-11(2-4-13(10)23-16(21)26)14-6-7-25(24-14)15-5-3-12(9-22-15)17(18,19)20/h2-9H,1H3,(H3,21,23,26). The van der Waals surface area contributed by atoms with E-state index in [1.54, 1.807) is 24.4 Å². The molecule has 0 bridgehead atoms. The molecule has 0 saturated carbocycles. The lowest BCUT2D eigenvalue weighted by Crippen LogP contribution is -2.19. The molecule has 0 spiro atoms. The number of nitrogens with two attached hydrogens (primary N) is 1. The van der Waals surface area contributed by atoms with Gasteiger partial charge in [-0.1, -0.05) is 6.07 Å². The molecule has 26 heavy (non-hydrogen) atoms. The number of aryl methyl sites for hydroxylation is 1. The molecular formula is C17H14F3N5O. The average Bonchev–Trinajstić information content (AvgIpc) is 3.06. The zero-order valence-corrected chi connectivity index (χ0v) is 13.6. The van der Waals surface area contributed by atoms with E-state index in [2.05, 4.69) is 15.4 Å². The monoisotopic (exact) mass is 361 g/mol. The number of pyridine rings is 1. The molecule has 0 unspecified atom stereocenters. The average molecular weight is 361 g/mol. The minimum Gasteiger partial charge on any atom is -0.351 e. The molecule has 0 fully saturated rings. The quantitative estimate of drug-likeness (QED) is 0.745. The highest BCUT2D eigenvalue weighted by atomic mass is 19.4. The number of carbonyl (C=O) groups is 1. The highest BCUT2D eigenvalue weighted by Gasteiger charge is 2.30. The highest BCUT2D eigenvalue weighted by molar-refractivity contribution is 5.89. The number of alkyl halides is 3. The second kappa shape index (κ2) is 6.51. The van der Waals surface area contributed by atoms with Crippen LogP contribution in [-0.4, -0.2) is 20.8 Å². The number of nitrogens with zero attached hydrogens (tertiary/aromatic N) is 3. The predicted molar refractivity (Wildman–Crippen MR) is 89.7 cm³/mol. The van der Waals surface area contributed by atoms with E-state index < -0.39 is 17.8 Å². The summed E-state index contributed by atoms with van der Waals surface area (Å²) >= 11 is 0. The second-order valence-electron chi connectivity index (χ2n) is 5.57. The lowest BCUT2D eigenvalue weighted by molar-refractivity contribution is -0.137. The van der Waals surface area contributed by atoms with E-state index in [0.717, 1.165) is 23.4 Å². The van der Waals surface area contributed by atoms with Gasteiger partial charge < -0.3 is 11.1 Å². The first-order chi connectivity index (χ1) is 12.2. The zero-order chi connectivity index (χ0) is 18.9. The molecule has 2 amide bonds. The second-order valence-corrected chi connectivity index (χ2v) is 5.57. The van der Waals surface area contributed by atoms with Gasteiger partial charge in [0.05, 0.1) is 11.3 Å². The van der Waals surface area contributed by atoms with Crippen LogP contribution >= 0.6 is 0 Å². The Bertz CT molecular complexity index is 948. The molecule has 2 aromatic heterocycles. The summed E-state index contributed by atoms with van der Waals surface area (Å²) in [7, 11) is 0. The molecule has 134 valence electrons. The number of hydrogen-bond acceptors (Lipinski definition) is 3. The summed E-state index contributed by atoms with van der Waals surface area (Å²) in [5, 5.41) is 6.85. The first-order valence-corrected chi connectivity index (χ1v) is 7.51. The fraction of sp³-hybridized carbons (Fsp3) is 0.118. The maximum Gasteiger partial charge on any atom is 0.417 e. The van der Waals surface area contributed by atoms with Crippen LogP contribution in [0.15, 0.2) is 48.8 Å². The first-order valence-electron chi connectivity index (χ1n) is 7.51. The minimum atomic E-state index is -4.43. The van der Waals surface area contributed by atoms with Crippen molar-refractivity contribution in [3.05, 3.63) is 59.9 Å². The molecule has 0 aliphatic heterocycles. The van der Waals surface area contributed by atoms with Crippen molar-refractivity contribution in [3.8, 4) is 17.1 Å². The Morgan fingerprint density at radius 2 is 1.96 bits per heavy atom. The fourth-order valence-electron chi connectivity index (χ4n) is 2.39. The van der Waals surface area contributed by atoms with Crippen molar-refractivity contribution in [1.82, 2.24) is 14.8 Å². The Labute approximate surface area is 146 Å². The number of anilines is 1. The van der Waals surface area contributed by atoms with Crippen LogP contribution in [0.3, 0.4) is 0 Å². The summed E-state index contributed by atoms with van der Waals surface area (Å²) in [4.78, 5) is 14.7. The fourth-order valence-corrected chi connectivity index (χ4v) is 2.39. The van der Waals surface area contributed by atoms with E-state index in [1.807, 2.05) is 13.0 Å². The summed E-state index contributed by atoms with van der Waals surface area (Å²) in [5.41, 5.74) is 7.06. The Hall–Kier alpha value is -3.36. The Morgan fingerprint density at radius 1 is 1.19 bits per heavy atom. The minimum absolute atomic E-state index is 0.271. The largest absolute Gasteiger partial charge is 0.417 e. The number of nitrogens with one attached hydrogen (secondary N) is 1.